The van der Waals surface area contributed by atoms with Crippen LogP contribution >= 0.6 is 23.2 Å². The fourth-order valence-electron chi connectivity index (χ4n) is 5.21. The van der Waals surface area contributed by atoms with E-state index in [9.17, 15) is 9.59 Å². The lowest BCUT2D eigenvalue weighted by Crippen LogP contribution is -2.11. The third kappa shape index (κ3) is 4.48. The van der Waals surface area contributed by atoms with Crippen LogP contribution in [0.25, 0.3) is 32.9 Å². The van der Waals surface area contributed by atoms with Crippen molar-refractivity contribution in [3.05, 3.63) is 141 Å². The fraction of sp³-hybridized carbons (Fsp3) is 0.0303. The lowest BCUT2D eigenvalue weighted by atomic mass is 9.98. The molecule has 1 heterocycles. The molecule has 4 nitrogen and oxygen atoms in total. The van der Waals surface area contributed by atoms with Gasteiger partial charge in [-0.25, -0.2) is 0 Å². The van der Waals surface area contributed by atoms with E-state index in [0.717, 1.165) is 38.5 Å². The molecular formula is C33H22Cl2N2O2. The molecule has 0 saturated heterocycles. The van der Waals surface area contributed by atoms with Gasteiger partial charge < -0.3 is 10.3 Å². The van der Waals surface area contributed by atoms with Gasteiger partial charge in [0.05, 0.1) is 11.0 Å². The van der Waals surface area contributed by atoms with Crippen LogP contribution in [0, 0.1) is 0 Å². The summed E-state index contributed by atoms with van der Waals surface area (Å²) in [5.74, 6) is -0.539. The number of nitrogens with zero attached hydrogens (tertiary/aromatic N) is 1. The van der Waals surface area contributed by atoms with Crippen molar-refractivity contribution >= 4 is 56.7 Å². The first-order chi connectivity index (χ1) is 18.9. The number of amides is 1. The highest BCUT2D eigenvalue weighted by atomic mass is 35.5. The SMILES string of the molecule is NC(=O)c1cccc2c1c1ccc(-c3ccc(Cl)cc3Cl)cc1n2Cc1ccccc1C(=O)c1ccccc1. The molecule has 6 heteroatoms. The molecule has 1 amide bonds. The lowest BCUT2D eigenvalue weighted by molar-refractivity contribution is 0.1000. The summed E-state index contributed by atoms with van der Waals surface area (Å²) in [7, 11) is 0. The Bertz CT molecular complexity index is 1910. The Labute approximate surface area is 235 Å². The highest BCUT2D eigenvalue weighted by Gasteiger charge is 2.20. The summed E-state index contributed by atoms with van der Waals surface area (Å²) in [6, 6.07) is 33.8. The van der Waals surface area contributed by atoms with Crippen LogP contribution < -0.4 is 5.73 Å². The van der Waals surface area contributed by atoms with Gasteiger partial charge in [0.25, 0.3) is 0 Å². The number of primary amides is 1. The van der Waals surface area contributed by atoms with Crippen molar-refractivity contribution in [2.24, 2.45) is 5.73 Å². The molecule has 0 aliphatic heterocycles. The molecular weight excluding hydrogens is 527 g/mol. The summed E-state index contributed by atoms with van der Waals surface area (Å²) in [5.41, 5.74) is 11.8. The van der Waals surface area contributed by atoms with E-state index in [2.05, 4.69) is 10.6 Å². The maximum absolute atomic E-state index is 13.5. The zero-order valence-electron chi connectivity index (χ0n) is 20.7. The van der Waals surface area contributed by atoms with E-state index in [4.69, 9.17) is 28.9 Å². The molecule has 6 aromatic rings. The second-order valence-corrected chi connectivity index (χ2v) is 10.2. The molecule has 0 saturated carbocycles. The number of hydrogen-bond acceptors (Lipinski definition) is 2. The number of rotatable bonds is 6. The molecule has 0 fully saturated rings. The van der Waals surface area contributed by atoms with Crippen molar-refractivity contribution in [3.8, 4) is 11.1 Å². The smallest absolute Gasteiger partial charge is 0.249 e. The van der Waals surface area contributed by atoms with Crippen LogP contribution in [0.4, 0.5) is 0 Å². The minimum Gasteiger partial charge on any atom is -0.366 e. The molecule has 0 aliphatic rings. The van der Waals surface area contributed by atoms with Crippen molar-refractivity contribution in [2.75, 3.05) is 0 Å². The minimum absolute atomic E-state index is 0.0431. The van der Waals surface area contributed by atoms with Crippen LogP contribution in [-0.2, 0) is 6.54 Å². The Hall–Kier alpha value is -4.38. The minimum atomic E-state index is -0.496. The average Bonchev–Trinajstić information content (AvgIpc) is 3.26. The molecule has 0 radical (unpaired) electrons. The number of halogens is 2. The third-order valence-electron chi connectivity index (χ3n) is 7.03. The number of fused-ring (bicyclic) bond motifs is 3. The van der Waals surface area contributed by atoms with Crippen molar-refractivity contribution < 1.29 is 9.59 Å². The topological polar surface area (TPSA) is 65.1 Å². The highest BCUT2D eigenvalue weighted by Crippen LogP contribution is 2.37. The second-order valence-electron chi connectivity index (χ2n) is 9.36. The number of hydrogen-bond donors (Lipinski definition) is 1. The summed E-state index contributed by atoms with van der Waals surface area (Å²) in [4.78, 5) is 25.9. The summed E-state index contributed by atoms with van der Waals surface area (Å²) in [6.07, 6.45) is 0. The van der Waals surface area contributed by atoms with Gasteiger partial charge in [0.2, 0.25) is 5.91 Å². The monoisotopic (exact) mass is 548 g/mol. The Morgan fingerprint density at radius 2 is 1.46 bits per heavy atom. The van der Waals surface area contributed by atoms with Crippen LogP contribution in [0.15, 0.2) is 109 Å². The van der Waals surface area contributed by atoms with E-state index in [0.29, 0.717) is 33.3 Å². The number of carbonyl (C=O) groups excluding carboxylic acids is 2. The van der Waals surface area contributed by atoms with Gasteiger partial charge in [-0.3, -0.25) is 9.59 Å². The van der Waals surface area contributed by atoms with E-state index in [1.54, 1.807) is 18.2 Å². The fourth-order valence-corrected chi connectivity index (χ4v) is 5.72. The van der Waals surface area contributed by atoms with Gasteiger partial charge in [0, 0.05) is 49.6 Å². The summed E-state index contributed by atoms with van der Waals surface area (Å²) in [6.45, 7) is 0.411. The lowest BCUT2D eigenvalue weighted by Gasteiger charge is -2.13. The number of carbonyl (C=O) groups is 2. The van der Waals surface area contributed by atoms with Gasteiger partial charge in [-0.2, -0.15) is 0 Å². The first kappa shape index (κ1) is 24.9. The van der Waals surface area contributed by atoms with E-state index < -0.39 is 5.91 Å². The standard InChI is InChI=1S/C33H22Cl2N2O2/c34-23-14-16-24(28(35)18-23)21-13-15-26-30(17-21)37(29-12-6-11-27(31(26)29)33(36)39)19-22-9-4-5-10-25(22)32(38)20-7-2-1-3-8-20/h1-18H,19H2,(H2,36,39). The van der Waals surface area contributed by atoms with Gasteiger partial charge in [0.1, 0.15) is 0 Å². The van der Waals surface area contributed by atoms with E-state index in [1.807, 2.05) is 84.9 Å². The van der Waals surface area contributed by atoms with Gasteiger partial charge in [-0.1, -0.05) is 102 Å². The van der Waals surface area contributed by atoms with Crippen LogP contribution in [-0.4, -0.2) is 16.3 Å². The molecule has 2 N–H and O–H groups in total. The van der Waals surface area contributed by atoms with E-state index >= 15 is 0 Å². The molecule has 0 atom stereocenters. The molecule has 0 bridgehead atoms. The maximum atomic E-state index is 13.5. The van der Waals surface area contributed by atoms with Crippen molar-refractivity contribution in [1.82, 2.24) is 4.57 Å². The van der Waals surface area contributed by atoms with E-state index in [1.165, 1.54) is 0 Å². The van der Waals surface area contributed by atoms with Gasteiger partial charge in [-0.05, 0) is 41.5 Å². The number of ketones is 1. The van der Waals surface area contributed by atoms with Crippen molar-refractivity contribution in [1.29, 1.82) is 0 Å². The van der Waals surface area contributed by atoms with Crippen LogP contribution in [0.5, 0.6) is 0 Å². The predicted octanol–water partition coefficient (Wildman–Crippen LogP) is 8.15. The van der Waals surface area contributed by atoms with Crippen LogP contribution in [0.1, 0.15) is 31.8 Å². The Morgan fingerprint density at radius 1 is 0.718 bits per heavy atom. The quantitative estimate of drug-likeness (QED) is 0.213. The largest absolute Gasteiger partial charge is 0.366 e. The Morgan fingerprint density at radius 3 is 2.23 bits per heavy atom. The number of nitrogens with two attached hydrogens (primary N) is 1. The average molecular weight is 549 g/mol. The van der Waals surface area contributed by atoms with Crippen LogP contribution in [0.3, 0.4) is 0 Å². The van der Waals surface area contributed by atoms with Gasteiger partial charge in [-0.15, -0.1) is 0 Å². The molecule has 0 spiro atoms. The Kier molecular flexibility index (Phi) is 6.43. The Balaban J connectivity index is 1.58. The predicted molar refractivity (Wildman–Crippen MR) is 159 cm³/mol. The summed E-state index contributed by atoms with van der Waals surface area (Å²) < 4.78 is 2.13. The number of benzene rings is 5. The first-order valence-electron chi connectivity index (χ1n) is 12.4. The zero-order chi connectivity index (χ0) is 27.1. The van der Waals surface area contributed by atoms with Crippen LogP contribution in [0.2, 0.25) is 10.0 Å². The van der Waals surface area contributed by atoms with E-state index in [-0.39, 0.29) is 5.78 Å². The first-order valence-corrected chi connectivity index (χ1v) is 13.2. The summed E-state index contributed by atoms with van der Waals surface area (Å²) >= 11 is 12.7. The maximum Gasteiger partial charge on any atom is 0.249 e. The number of aromatic nitrogens is 1. The van der Waals surface area contributed by atoms with Gasteiger partial charge in [0.15, 0.2) is 5.78 Å². The van der Waals surface area contributed by atoms with Crippen molar-refractivity contribution in [3.63, 3.8) is 0 Å². The van der Waals surface area contributed by atoms with Gasteiger partial charge >= 0.3 is 0 Å². The normalized spacial score (nSPS) is 11.2. The molecule has 39 heavy (non-hydrogen) atoms. The third-order valence-corrected chi connectivity index (χ3v) is 7.57. The molecule has 0 aliphatic carbocycles. The van der Waals surface area contributed by atoms with Crippen molar-refractivity contribution in [2.45, 2.75) is 6.54 Å². The molecule has 6 rings (SSSR count). The molecule has 190 valence electrons. The molecule has 1 aromatic heterocycles. The molecule has 0 unspecified atom stereocenters. The second kappa shape index (κ2) is 10.1. The zero-order valence-corrected chi connectivity index (χ0v) is 22.2. The summed E-state index contributed by atoms with van der Waals surface area (Å²) in [5, 5.41) is 2.77. The highest BCUT2D eigenvalue weighted by molar-refractivity contribution is 6.36. The molecule has 5 aromatic carbocycles.